The smallest absolute Gasteiger partial charge is 0.405 e. The number of nitrogens with zero attached hydrogens (tertiary/aromatic N) is 3. The molecule has 3 N–H and O–H groups in total. The molecule has 1 aromatic heterocycles. The lowest BCUT2D eigenvalue weighted by Gasteiger charge is -2.35. The summed E-state index contributed by atoms with van der Waals surface area (Å²) in [6.45, 7) is 12.0. The van der Waals surface area contributed by atoms with Crippen LogP contribution in [0.2, 0.25) is 0 Å². The molecule has 0 spiro atoms. The van der Waals surface area contributed by atoms with Gasteiger partial charge in [-0.2, -0.15) is 0 Å². The Kier molecular flexibility index (Phi) is 7.69. The van der Waals surface area contributed by atoms with Gasteiger partial charge in [0.1, 0.15) is 6.04 Å². The van der Waals surface area contributed by atoms with Gasteiger partial charge in [0.2, 0.25) is 20.9 Å². The van der Waals surface area contributed by atoms with E-state index in [2.05, 4.69) is 60.1 Å². The van der Waals surface area contributed by atoms with Gasteiger partial charge >= 0.3 is 6.09 Å². The van der Waals surface area contributed by atoms with Crippen LogP contribution in [-0.2, 0) is 14.6 Å². The highest BCUT2D eigenvalue weighted by atomic mass is 32.2. The Morgan fingerprint density at radius 2 is 1.77 bits per heavy atom. The van der Waals surface area contributed by atoms with Crippen LogP contribution in [0.25, 0.3) is 0 Å². The van der Waals surface area contributed by atoms with Crippen LogP contribution in [0, 0.1) is 22.7 Å². The minimum Gasteiger partial charge on any atom is -0.465 e. The van der Waals surface area contributed by atoms with Gasteiger partial charge in [-0.1, -0.05) is 34.6 Å². The molecule has 1 aliphatic heterocycles. The normalized spacial score (nSPS) is 23.6. The molecule has 1 aromatic rings. The number of anilines is 1. The largest absolute Gasteiger partial charge is 0.465 e. The minimum absolute atomic E-state index is 0.0439. The van der Waals surface area contributed by atoms with Gasteiger partial charge in [-0.3, -0.25) is 4.79 Å². The van der Waals surface area contributed by atoms with Crippen LogP contribution in [0.1, 0.15) is 60.3 Å². The molecule has 0 aromatic carbocycles. The molecule has 0 unspecified atom stereocenters. The molecule has 10 nitrogen and oxygen atoms in total. The molecule has 2 fully saturated rings. The SMILES string of the molecule is CC(C)(C)CC(C)(C)C[C@H](NC(=O)O)C(=O)N[C@H]1CC[C@@H]2CN(c3cnc(S(C)(=O)=O)nc3)C[C@@H]21. The van der Waals surface area contributed by atoms with E-state index in [9.17, 15) is 23.1 Å². The second kappa shape index (κ2) is 9.91. The van der Waals surface area contributed by atoms with Crippen LogP contribution in [0.15, 0.2) is 17.6 Å². The van der Waals surface area contributed by atoms with E-state index >= 15 is 0 Å². The molecule has 2 aliphatic rings. The predicted molar refractivity (Wildman–Crippen MR) is 133 cm³/mol. The molecule has 1 aliphatic carbocycles. The minimum atomic E-state index is -3.46. The number of hydrogen-bond acceptors (Lipinski definition) is 7. The first kappa shape index (κ1) is 27.2. The van der Waals surface area contributed by atoms with Crippen molar-refractivity contribution < 1.29 is 23.1 Å². The summed E-state index contributed by atoms with van der Waals surface area (Å²) >= 11 is 0. The van der Waals surface area contributed by atoms with Crippen molar-refractivity contribution in [3.8, 4) is 0 Å². The van der Waals surface area contributed by atoms with E-state index in [1.807, 2.05) is 0 Å². The number of carbonyl (C=O) groups is 2. The van der Waals surface area contributed by atoms with Gasteiger partial charge in [0, 0.05) is 31.3 Å². The summed E-state index contributed by atoms with van der Waals surface area (Å²) in [6.07, 6.45) is 6.01. The van der Waals surface area contributed by atoms with E-state index < -0.39 is 22.0 Å². The molecule has 3 rings (SSSR count). The average Bonchev–Trinajstić information content (AvgIpc) is 3.26. The van der Waals surface area contributed by atoms with Crippen molar-refractivity contribution in [3.05, 3.63) is 12.4 Å². The maximum Gasteiger partial charge on any atom is 0.405 e. The second-order valence-electron chi connectivity index (χ2n) is 12.1. The van der Waals surface area contributed by atoms with Crippen LogP contribution in [0.3, 0.4) is 0 Å². The number of fused-ring (bicyclic) bond motifs is 1. The summed E-state index contributed by atoms with van der Waals surface area (Å²) in [7, 11) is -3.46. The lowest BCUT2D eigenvalue weighted by atomic mass is 9.73. The first-order valence-corrected chi connectivity index (χ1v) is 14.0. The number of nitrogens with one attached hydrogen (secondary N) is 2. The Hall–Kier alpha value is -2.43. The summed E-state index contributed by atoms with van der Waals surface area (Å²) in [5.74, 6) is 0.332. The van der Waals surface area contributed by atoms with Crippen molar-refractivity contribution >= 4 is 27.5 Å². The number of carbonyl (C=O) groups excluding carboxylic acids is 1. The Labute approximate surface area is 208 Å². The molecule has 0 radical (unpaired) electrons. The van der Waals surface area contributed by atoms with Gasteiger partial charge in [0.15, 0.2) is 0 Å². The highest BCUT2D eigenvalue weighted by Crippen LogP contribution is 2.40. The van der Waals surface area contributed by atoms with Gasteiger partial charge in [-0.25, -0.2) is 23.2 Å². The average molecular weight is 510 g/mol. The lowest BCUT2D eigenvalue weighted by molar-refractivity contribution is -0.124. The number of rotatable bonds is 8. The Balaban J connectivity index is 1.66. The number of carboxylic acid groups (broad SMARTS) is 1. The van der Waals surface area contributed by atoms with Gasteiger partial charge in [0.05, 0.1) is 18.1 Å². The molecule has 2 amide bonds. The maximum absolute atomic E-state index is 13.2. The van der Waals surface area contributed by atoms with Crippen molar-refractivity contribution in [2.24, 2.45) is 22.7 Å². The first-order chi connectivity index (χ1) is 16.0. The fraction of sp³-hybridized carbons (Fsp3) is 0.750. The fourth-order valence-electron chi connectivity index (χ4n) is 6.02. The monoisotopic (exact) mass is 509 g/mol. The summed E-state index contributed by atoms with van der Waals surface area (Å²) in [6, 6.07) is -0.865. The van der Waals surface area contributed by atoms with Crippen LogP contribution < -0.4 is 15.5 Å². The molecular formula is C24H39N5O5S. The van der Waals surface area contributed by atoms with Crippen molar-refractivity contribution in [3.63, 3.8) is 0 Å². The van der Waals surface area contributed by atoms with Gasteiger partial charge in [-0.05, 0) is 42.4 Å². The van der Waals surface area contributed by atoms with Crippen molar-refractivity contribution in [1.29, 1.82) is 0 Å². The van der Waals surface area contributed by atoms with E-state index in [1.165, 1.54) is 12.4 Å². The number of aromatic nitrogens is 2. The van der Waals surface area contributed by atoms with Crippen LogP contribution in [0.5, 0.6) is 0 Å². The van der Waals surface area contributed by atoms with Crippen LogP contribution >= 0.6 is 0 Å². The zero-order valence-electron chi connectivity index (χ0n) is 21.5. The van der Waals surface area contributed by atoms with Crippen LogP contribution in [-0.4, -0.2) is 66.9 Å². The third-order valence-electron chi connectivity index (χ3n) is 6.88. The van der Waals surface area contributed by atoms with Gasteiger partial charge in [0.25, 0.3) is 0 Å². The molecule has 1 saturated carbocycles. The van der Waals surface area contributed by atoms with Gasteiger partial charge in [-0.15, -0.1) is 0 Å². The first-order valence-electron chi connectivity index (χ1n) is 12.1. The third kappa shape index (κ3) is 7.28. The molecule has 0 bridgehead atoms. The third-order valence-corrected chi connectivity index (χ3v) is 7.75. The second-order valence-corrected chi connectivity index (χ2v) is 14.0. The topological polar surface area (TPSA) is 142 Å². The zero-order valence-corrected chi connectivity index (χ0v) is 22.4. The summed E-state index contributed by atoms with van der Waals surface area (Å²) < 4.78 is 23.3. The summed E-state index contributed by atoms with van der Waals surface area (Å²) in [5.41, 5.74) is 0.595. The van der Waals surface area contributed by atoms with Gasteiger partial charge < -0.3 is 20.6 Å². The van der Waals surface area contributed by atoms with E-state index in [-0.39, 0.29) is 33.9 Å². The number of sulfone groups is 1. The Morgan fingerprint density at radius 3 is 2.31 bits per heavy atom. The maximum atomic E-state index is 13.2. The van der Waals surface area contributed by atoms with E-state index in [4.69, 9.17) is 0 Å². The number of hydrogen-bond donors (Lipinski definition) is 3. The highest BCUT2D eigenvalue weighted by Gasteiger charge is 2.44. The van der Waals surface area contributed by atoms with Crippen molar-refractivity contribution in [2.45, 2.75) is 77.5 Å². The summed E-state index contributed by atoms with van der Waals surface area (Å²) in [5, 5.41) is 14.7. The predicted octanol–water partition coefficient (Wildman–Crippen LogP) is 2.70. The molecule has 4 atom stereocenters. The summed E-state index contributed by atoms with van der Waals surface area (Å²) in [4.78, 5) is 34.8. The van der Waals surface area contributed by atoms with E-state index in [0.717, 1.165) is 37.8 Å². The van der Waals surface area contributed by atoms with E-state index in [1.54, 1.807) is 0 Å². The van der Waals surface area contributed by atoms with Crippen LogP contribution in [0.4, 0.5) is 10.5 Å². The molecular weight excluding hydrogens is 470 g/mol. The highest BCUT2D eigenvalue weighted by molar-refractivity contribution is 7.90. The number of amides is 2. The molecule has 11 heteroatoms. The Bertz CT molecular complexity index is 1040. The van der Waals surface area contributed by atoms with Crippen molar-refractivity contribution in [1.82, 2.24) is 20.6 Å². The van der Waals surface area contributed by atoms with E-state index in [0.29, 0.717) is 18.9 Å². The molecule has 1 saturated heterocycles. The standard InChI is InChI=1S/C24H39N5O5S/c1-23(2,3)14-24(4,5)9-19(28-22(31)32)20(30)27-18-8-7-15-12-29(13-17(15)18)16-10-25-21(26-11-16)35(6,33)34/h10-11,15,17-19,28H,7-9,12-14H2,1-6H3,(H,27,30)(H,31,32)/t15-,17+,18+,19+/m1/s1. The van der Waals surface area contributed by atoms with Crippen molar-refractivity contribution in [2.75, 3.05) is 24.2 Å². The fourth-order valence-corrected chi connectivity index (χ4v) is 6.51. The lowest BCUT2D eigenvalue weighted by Crippen LogP contribution is -2.52. The molecule has 196 valence electrons. The Morgan fingerprint density at radius 1 is 1.14 bits per heavy atom. The molecule has 35 heavy (non-hydrogen) atoms. The quantitative estimate of drug-likeness (QED) is 0.454. The zero-order chi connectivity index (χ0) is 26.2. The molecule has 2 heterocycles.